The lowest BCUT2D eigenvalue weighted by Crippen LogP contribution is -2.34. The minimum Gasteiger partial charge on any atom is -0.508 e. The van der Waals surface area contributed by atoms with Crippen LogP contribution in [0.1, 0.15) is 346 Å². The van der Waals surface area contributed by atoms with Crippen LogP contribution in [0, 0.1) is 7.14 Å². The van der Waals surface area contributed by atoms with Crippen molar-refractivity contribution in [2.45, 2.75) is 366 Å². The second kappa shape index (κ2) is 34.7. The van der Waals surface area contributed by atoms with Gasteiger partial charge in [-0.05, 0) is 184 Å². The molecule has 0 fully saturated rings. The first-order chi connectivity index (χ1) is 44.5. The highest BCUT2D eigenvalue weighted by atomic mass is 127. The zero-order valence-electron chi connectivity index (χ0n) is 72.9. The van der Waals surface area contributed by atoms with Crippen LogP contribution < -0.4 is 20.1 Å². The van der Waals surface area contributed by atoms with Crippen LogP contribution >= 0.6 is 61.0 Å². The van der Waals surface area contributed by atoms with Crippen LogP contribution in [-0.2, 0) is 63.6 Å². The number of hydrogen-bond acceptors (Lipinski definition) is 7. The number of methoxy groups -OCH3 is 2. The predicted octanol–water partition coefficient (Wildman–Crippen LogP) is 27.1. The third-order valence-electron chi connectivity index (χ3n) is 17.4. The number of halogens is 2. The molecule has 7 nitrogen and oxygen atoms in total. The van der Waals surface area contributed by atoms with Crippen molar-refractivity contribution >= 4 is 71.6 Å². The molecule has 0 aliphatic rings. The summed E-state index contributed by atoms with van der Waals surface area (Å²) in [7, 11) is 2.32. The largest absolute Gasteiger partial charge is 0.508 e. The molecule has 0 saturated heterocycles. The number of phenolic OH excluding ortho intramolecular Hbond substituents is 3. The van der Waals surface area contributed by atoms with Gasteiger partial charge in [0.15, 0.2) is 13.6 Å². The third kappa shape index (κ3) is 29.1. The lowest BCUT2D eigenvalue weighted by molar-refractivity contribution is 0.0491. The summed E-state index contributed by atoms with van der Waals surface area (Å²) in [6.07, 6.45) is 0. The Kier molecular flexibility index (Phi) is 33.1. The molecule has 0 unspecified atom stereocenters. The summed E-state index contributed by atoms with van der Waals surface area (Å²) in [6, 6.07) is 23.9. The van der Waals surface area contributed by atoms with Gasteiger partial charge in [0.05, 0.1) is 7.14 Å². The molecule has 101 heavy (non-hydrogen) atoms. The second-order valence-electron chi connectivity index (χ2n) is 42.1. The lowest BCUT2D eigenvalue weighted by atomic mass is 9.80. The summed E-state index contributed by atoms with van der Waals surface area (Å²) in [5.41, 5.74) is 12.7. The molecule has 0 aliphatic carbocycles. The van der Waals surface area contributed by atoms with E-state index in [2.05, 4.69) is 391 Å². The van der Waals surface area contributed by atoms with E-state index in [0.717, 1.165) is 35.3 Å². The van der Waals surface area contributed by atoms with Gasteiger partial charge in [-0.25, -0.2) is 0 Å². The molecule has 0 aromatic heterocycles. The van der Waals surface area contributed by atoms with Gasteiger partial charge in [0.25, 0.3) is 0 Å². The van der Waals surface area contributed by atoms with E-state index in [4.69, 9.17) is 18.9 Å². The average molecular weight is 1660 g/mol. The predicted molar refractivity (Wildman–Crippen MR) is 467 cm³/mol. The number of phenols is 3. The molecular weight excluding hydrogens is 1510 g/mol. The van der Waals surface area contributed by atoms with Gasteiger partial charge < -0.3 is 34.3 Å². The molecule has 0 saturated carbocycles. The Bertz CT molecular complexity index is 3450. The van der Waals surface area contributed by atoms with E-state index in [0.29, 0.717) is 17.2 Å². The van der Waals surface area contributed by atoms with Crippen LogP contribution in [-0.4, -0.2) is 63.7 Å². The van der Waals surface area contributed by atoms with Gasteiger partial charge in [-0.1, -0.05) is 343 Å². The van der Waals surface area contributed by atoms with Crippen molar-refractivity contribution in [3.8, 4) is 28.7 Å². The summed E-state index contributed by atoms with van der Waals surface area (Å²) in [5.74, 6) is 3.33. The Morgan fingerprint density at radius 3 is 0.842 bits per heavy atom. The lowest BCUT2D eigenvalue weighted by Gasteiger charge is -2.43. The molecule has 11 heteroatoms. The zero-order valence-corrected chi connectivity index (χ0v) is 79.0. The molecule has 5 aromatic carbocycles. The zero-order chi connectivity index (χ0) is 80.1. The minimum absolute atomic E-state index is 0.00411. The van der Waals surface area contributed by atoms with Crippen molar-refractivity contribution in [3.63, 3.8) is 0 Å². The molecule has 0 atom stereocenters. The fraction of sp³-hybridized carbons (Fsp3) is 0.667. The molecule has 576 valence electrons. The van der Waals surface area contributed by atoms with E-state index < -0.39 is 15.8 Å². The van der Waals surface area contributed by atoms with E-state index in [1.807, 2.05) is 6.07 Å². The fourth-order valence-electron chi connectivity index (χ4n) is 12.3. The van der Waals surface area contributed by atoms with Crippen molar-refractivity contribution in [1.29, 1.82) is 0 Å². The van der Waals surface area contributed by atoms with Crippen LogP contribution in [0.3, 0.4) is 0 Å². The van der Waals surface area contributed by atoms with Gasteiger partial charge in [-0.15, -0.1) is 0 Å². The molecule has 0 aliphatic heterocycles. The van der Waals surface area contributed by atoms with Crippen molar-refractivity contribution in [2.75, 3.05) is 27.8 Å². The molecule has 0 spiro atoms. The molecule has 5 rings (SSSR count). The van der Waals surface area contributed by atoms with Crippen LogP contribution in [0.4, 0.5) is 0 Å². The van der Waals surface area contributed by atoms with Crippen LogP contribution in [0.5, 0.6) is 28.7 Å². The quantitative estimate of drug-likeness (QED) is 0.0809. The molecule has 5 aromatic rings. The Labute approximate surface area is 652 Å². The van der Waals surface area contributed by atoms with Crippen molar-refractivity contribution in [1.82, 2.24) is 0 Å². The maximum atomic E-state index is 11.2. The van der Waals surface area contributed by atoms with Gasteiger partial charge in [0.1, 0.15) is 28.7 Å². The summed E-state index contributed by atoms with van der Waals surface area (Å²) in [4.78, 5) is 0. The first-order valence-corrected chi connectivity index (χ1v) is 41.5. The van der Waals surface area contributed by atoms with Crippen molar-refractivity contribution < 1.29 is 34.3 Å². The minimum atomic E-state index is -0.535. The smallest absolute Gasteiger partial charge is 0.188 e. The molecule has 0 heterocycles. The fourth-order valence-corrected chi connectivity index (χ4v) is 21.9. The van der Waals surface area contributed by atoms with Crippen LogP contribution in [0.15, 0.2) is 66.7 Å². The van der Waals surface area contributed by atoms with Gasteiger partial charge in [0, 0.05) is 47.1 Å². The third-order valence-corrected chi connectivity index (χ3v) is 26.1. The number of rotatable bonds is 8. The van der Waals surface area contributed by atoms with Crippen LogP contribution in [0.2, 0.25) is 0 Å². The number of aromatic hydroxyl groups is 3. The van der Waals surface area contributed by atoms with Crippen molar-refractivity contribution in [3.05, 3.63) is 130 Å². The van der Waals surface area contributed by atoms with E-state index >= 15 is 0 Å². The van der Waals surface area contributed by atoms with Gasteiger partial charge >= 0.3 is 0 Å². The SMILES string of the molecule is CC(C)(C)c1cc(I)c(O)c(C(C)(C)C)c1.CC(C)(C)c1cc(P(C(C)(C)C)C(C)(C)C)c(O)c(C(C)(C)C)c1.CC(C)(C)c1ccc(O)c(C(C)(C)C)c1.COCOc1c(I)cc(C(C)(C)C)cc1C(C)(C)C.COCOc1c(P(C(C)(C)C)C(C)(C)C)cc(C(C)(C)C)cc1C(C)(C)C. The highest BCUT2D eigenvalue weighted by Gasteiger charge is 2.42. The Hall–Kier alpha value is -2.66. The molecule has 0 amide bonds. The summed E-state index contributed by atoms with van der Waals surface area (Å²) >= 11 is 4.56. The molecule has 0 bridgehead atoms. The Morgan fingerprint density at radius 2 is 0.535 bits per heavy atom. The normalized spacial score (nSPS) is 13.5. The topological polar surface area (TPSA) is 97.6 Å². The van der Waals surface area contributed by atoms with Gasteiger partial charge in [-0.3, -0.25) is 0 Å². The number of hydrogen-bond donors (Lipinski definition) is 3. The number of benzene rings is 5. The first kappa shape index (κ1) is 96.4. The first-order valence-electron chi connectivity index (χ1n) is 36.6. The maximum absolute atomic E-state index is 11.2. The molecule has 0 radical (unpaired) electrons. The van der Waals surface area contributed by atoms with E-state index in [1.165, 1.54) is 49.6 Å². The van der Waals surface area contributed by atoms with Crippen molar-refractivity contribution in [2.24, 2.45) is 0 Å². The Morgan fingerprint density at radius 1 is 0.277 bits per heavy atom. The average Bonchev–Trinajstić information content (AvgIpc) is 0.757. The summed E-state index contributed by atoms with van der Waals surface area (Å²) < 4.78 is 24.5. The van der Waals surface area contributed by atoms with Gasteiger partial charge in [-0.2, -0.15) is 0 Å². The monoisotopic (exact) mass is 1660 g/mol. The molecule has 3 N–H and O–H groups in total. The van der Waals surface area contributed by atoms with Gasteiger partial charge in [0.2, 0.25) is 0 Å². The Balaban J connectivity index is 0.000000642. The second-order valence-corrected chi connectivity index (χ2v) is 52.1. The molecular formula is C90H150I2O7P2. The van der Waals surface area contributed by atoms with Crippen LogP contribution in [0.25, 0.3) is 0 Å². The van der Waals surface area contributed by atoms with E-state index in [9.17, 15) is 15.3 Å². The highest BCUT2D eigenvalue weighted by Crippen LogP contribution is 2.62. The summed E-state index contributed by atoms with van der Waals surface area (Å²) in [5, 5.41) is 34.3. The van der Waals surface area contributed by atoms with E-state index in [1.54, 1.807) is 20.3 Å². The highest BCUT2D eigenvalue weighted by molar-refractivity contribution is 14.1. The summed E-state index contributed by atoms with van der Waals surface area (Å²) in [6.45, 7) is 94.9. The standard InChI is InChI=1S/C24H43O2P.C22H39OP.C16H25IO2.C14H21IO.C14H22O/c1-21(2,3)17-14-18(22(4,5)6)20(26-16-25-13)19(15-17)27(23(7,8)9)24(10,11)12;1-19(2,3)15-13-16(20(4,5)6)18(23)17(14-15)24(21(7,8)9)22(10,11)12;1-15(2,3)11-8-12(16(4,5)6)14(13(17)9-11)19-10-18-7;1-13(2,3)9-7-10(14(4,5)6)12(16)11(15)8-9;1-13(2,3)10-7-8-12(15)11(9-10)14(4,5)6/h14-15H,16H2,1-13H3;13-14,23H,1-12H3;8-9H,10H2,1-7H3;7-8,16H,1-6H3;7-9,15H,1-6H3. The maximum Gasteiger partial charge on any atom is 0.188 e. The number of ether oxygens (including phenoxy) is 4. The van der Waals surface area contributed by atoms with E-state index in [-0.39, 0.29) is 88.4 Å².